The predicted molar refractivity (Wildman–Crippen MR) is 111 cm³/mol. The van der Waals surface area contributed by atoms with Gasteiger partial charge in [-0.15, -0.1) is 0 Å². The number of nitrogens with one attached hydrogen (secondary N) is 1. The Morgan fingerprint density at radius 2 is 1.69 bits per heavy atom. The summed E-state index contributed by atoms with van der Waals surface area (Å²) in [6.07, 6.45) is 4.67. The molecule has 2 aliphatic heterocycles. The summed E-state index contributed by atoms with van der Waals surface area (Å²) >= 11 is 0. The number of carbonyl (C=O) groups excluding carboxylic acids is 2. The third-order valence-corrected chi connectivity index (χ3v) is 7.43. The first-order valence-corrected chi connectivity index (χ1v) is 12.0. The van der Waals surface area contributed by atoms with Crippen LogP contribution >= 0.6 is 0 Å². The number of hydrogen-bond donors (Lipinski definition) is 1. The Balaban J connectivity index is 1.67. The minimum atomic E-state index is -3.62. The van der Waals surface area contributed by atoms with E-state index in [-0.39, 0.29) is 29.2 Å². The predicted octanol–water partition coefficient (Wildman–Crippen LogP) is 2.16. The highest BCUT2D eigenvalue weighted by atomic mass is 32.2. The maximum atomic E-state index is 13.1. The summed E-state index contributed by atoms with van der Waals surface area (Å²) in [5, 5.41) is 0. The quantitative estimate of drug-likeness (QED) is 0.789. The molecule has 0 spiro atoms. The molecule has 7 nitrogen and oxygen atoms in total. The van der Waals surface area contributed by atoms with Crippen molar-refractivity contribution in [2.24, 2.45) is 5.92 Å². The average Bonchev–Trinajstić information content (AvgIpc) is 2.73. The minimum Gasteiger partial charge on any atom is -0.342 e. The summed E-state index contributed by atoms with van der Waals surface area (Å²) in [6, 6.07) is 4.65. The van der Waals surface area contributed by atoms with Crippen molar-refractivity contribution in [1.82, 2.24) is 14.5 Å². The second-order valence-electron chi connectivity index (χ2n) is 7.93. The summed E-state index contributed by atoms with van der Waals surface area (Å²) in [7, 11) is -3.62. The molecule has 0 aromatic heterocycles. The van der Waals surface area contributed by atoms with Crippen molar-refractivity contribution in [3.8, 4) is 0 Å². The van der Waals surface area contributed by atoms with Crippen LogP contribution in [0.4, 0.5) is 0 Å². The van der Waals surface area contributed by atoms with Gasteiger partial charge in [-0.05, 0) is 56.7 Å². The number of benzene rings is 1. The molecule has 160 valence electrons. The second kappa shape index (κ2) is 9.26. The minimum absolute atomic E-state index is 0.0151. The molecule has 2 heterocycles. The number of amides is 2. The van der Waals surface area contributed by atoms with Gasteiger partial charge < -0.3 is 9.80 Å². The first-order chi connectivity index (χ1) is 13.8. The number of nitrogens with zero attached hydrogens (tertiary/aromatic N) is 2. The van der Waals surface area contributed by atoms with Crippen molar-refractivity contribution in [3.05, 3.63) is 29.3 Å². The number of sulfonamides is 1. The van der Waals surface area contributed by atoms with Crippen molar-refractivity contribution in [1.29, 1.82) is 0 Å². The molecule has 3 rings (SSSR count). The summed E-state index contributed by atoms with van der Waals surface area (Å²) in [4.78, 5) is 29.6. The lowest BCUT2D eigenvalue weighted by atomic mass is 9.93. The fourth-order valence-electron chi connectivity index (χ4n) is 4.14. The number of aryl methyl sites for hydroxylation is 1. The molecular formula is C21H31N3O4S. The van der Waals surface area contributed by atoms with Crippen LogP contribution in [0.1, 0.15) is 54.9 Å². The van der Waals surface area contributed by atoms with E-state index in [2.05, 4.69) is 4.72 Å². The molecule has 0 atom stereocenters. The monoisotopic (exact) mass is 421 g/mol. The molecule has 0 radical (unpaired) electrons. The maximum absolute atomic E-state index is 13.1. The zero-order valence-corrected chi connectivity index (χ0v) is 18.1. The van der Waals surface area contributed by atoms with E-state index in [0.29, 0.717) is 31.5 Å². The molecule has 0 aliphatic carbocycles. The third-order valence-electron chi connectivity index (χ3n) is 5.88. The molecule has 0 bridgehead atoms. The van der Waals surface area contributed by atoms with Crippen LogP contribution in [0.15, 0.2) is 23.1 Å². The number of piperidine rings is 2. The molecule has 1 aromatic carbocycles. The standard InChI is InChI=1S/C21H31N3O4S/c1-3-22-29(27,28)18-8-7-16(2)19(15-18)21(26)24-13-9-17(10-14-24)20(25)23-11-5-4-6-12-23/h7-8,15,17,22H,3-6,9-14H2,1-2H3. The summed E-state index contributed by atoms with van der Waals surface area (Å²) in [5.41, 5.74) is 1.15. The Kier molecular flexibility index (Phi) is 6.95. The Morgan fingerprint density at radius 3 is 2.31 bits per heavy atom. The highest BCUT2D eigenvalue weighted by Crippen LogP contribution is 2.24. The van der Waals surface area contributed by atoms with E-state index in [9.17, 15) is 18.0 Å². The fraction of sp³-hybridized carbons (Fsp3) is 0.619. The van der Waals surface area contributed by atoms with Gasteiger partial charge in [0.2, 0.25) is 15.9 Å². The average molecular weight is 422 g/mol. The van der Waals surface area contributed by atoms with Crippen LogP contribution in [-0.4, -0.2) is 62.8 Å². The van der Waals surface area contributed by atoms with Crippen LogP contribution in [0.25, 0.3) is 0 Å². The van der Waals surface area contributed by atoms with Crippen LogP contribution in [-0.2, 0) is 14.8 Å². The Hall–Kier alpha value is -1.93. The highest BCUT2D eigenvalue weighted by Gasteiger charge is 2.31. The van der Waals surface area contributed by atoms with E-state index in [1.54, 1.807) is 17.9 Å². The molecule has 0 saturated carbocycles. The Labute approximate surface area is 173 Å². The molecule has 2 saturated heterocycles. The van der Waals surface area contributed by atoms with Crippen molar-refractivity contribution >= 4 is 21.8 Å². The van der Waals surface area contributed by atoms with Crippen LogP contribution in [0, 0.1) is 12.8 Å². The van der Waals surface area contributed by atoms with Gasteiger partial charge in [0.1, 0.15) is 0 Å². The lowest BCUT2D eigenvalue weighted by molar-refractivity contribution is -0.137. The topological polar surface area (TPSA) is 86.8 Å². The molecule has 1 N–H and O–H groups in total. The highest BCUT2D eigenvalue weighted by molar-refractivity contribution is 7.89. The zero-order valence-electron chi connectivity index (χ0n) is 17.3. The second-order valence-corrected chi connectivity index (χ2v) is 9.70. The number of likely N-dealkylation sites (tertiary alicyclic amines) is 2. The first-order valence-electron chi connectivity index (χ1n) is 10.5. The number of rotatable bonds is 5. The van der Waals surface area contributed by atoms with Gasteiger partial charge in [0.15, 0.2) is 0 Å². The van der Waals surface area contributed by atoms with Gasteiger partial charge in [-0.2, -0.15) is 0 Å². The molecule has 2 aliphatic rings. The van der Waals surface area contributed by atoms with Crippen LogP contribution in [0.2, 0.25) is 0 Å². The summed E-state index contributed by atoms with van der Waals surface area (Å²) in [5.74, 6) is 0.0466. The molecule has 1 aromatic rings. The molecule has 2 amide bonds. The van der Waals surface area contributed by atoms with E-state index < -0.39 is 10.0 Å². The molecule has 8 heteroatoms. The summed E-state index contributed by atoms with van der Waals surface area (Å²) in [6.45, 7) is 6.56. The van der Waals surface area contributed by atoms with Crippen LogP contribution < -0.4 is 4.72 Å². The van der Waals surface area contributed by atoms with E-state index in [0.717, 1.165) is 31.5 Å². The normalized spacial score (nSPS) is 18.7. The van der Waals surface area contributed by atoms with Crippen LogP contribution in [0.5, 0.6) is 0 Å². The van der Waals surface area contributed by atoms with Gasteiger partial charge in [-0.1, -0.05) is 13.0 Å². The largest absolute Gasteiger partial charge is 0.342 e. The van der Waals surface area contributed by atoms with Gasteiger partial charge in [-0.3, -0.25) is 9.59 Å². The lowest BCUT2D eigenvalue weighted by Gasteiger charge is -2.35. The van der Waals surface area contributed by atoms with Crippen LogP contribution in [0.3, 0.4) is 0 Å². The smallest absolute Gasteiger partial charge is 0.254 e. The zero-order chi connectivity index (χ0) is 21.0. The molecule has 2 fully saturated rings. The van der Waals surface area contributed by atoms with Crippen molar-refractivity contribution in [3.63, 3.8) is 0 Å². The molecule has 29 heavy (non-hydrogen) atoms. The summed E-state index contributed by atoms with van der Waals surface area (Å²) < 4.78 is 27.0. The van der Waals surface area contributed by atoms with Crippen molar-refractivity contribution in [2.45, 2.75) is 50.8 Å². The van der Waals surface area contributed by atoms with E-state index in [1.807, 2.05) is 11.8 Å². The van der Waals surface area contributed by atoms with Gasteiger partial charge in [0, 0.05) is 44.2 Å². The van der Waals surface area contributed by atoms with E-state index >= 15 is 0 Å². The lowest BCUT2D eigenvalue weighted by Crippen LogP contribution is -2.45. The van der Waals surface area contributed by atoms with E-state index in [1.165, 1.54) is 18.6 Å². The SMILES string of the molecule is CCNS(=O)(=O)c1ccc(C)c(C(=O)N2CCC(C(=O)N3CCCCC3)CC2)c1. The van der Waals surface area contributed by atoms with Gasteiger partial charge in [0.25, 0.3) is 5.91 Å². The first kappa shape index (κ1) is 21.8. The fourth-order valence-corrected chi connectivity index (χ4v) is 5.21. The Morgan fingerprint density at radius 1 is 1.03 bits per heavy atom. The third kappa shape index (κ3) is 4.98. The van der Waals surface area contributed by atoms with E-state index in [4.69, 9.17) is 0 Å². The Bertz CT molecular complexity index is 855. The van der Waals surface area contributed by atoms with Gasteiger partial charge in [0.05, 0.1) is 4.90 Å². The maximum Gasteiger partial charge on any atom is 0.254 e. The van der Waals surface area contributed by atoms with Gasteiger partial charge in [-0.25, -0.2) is 13.1 Å². The number of carbonyl (C=O) groups is 2. The molecular weight excluding hydrogens is 390 g/mol. The molecule has 0 unspecified atom stereocenters. The van der Waals surface area contributed by atoms with Gasteiger partial charge >= 0.3 is 0 Å². The van der Waals surface area contributed by atoms with Crippen molar-refractivity contribution < 1.29 is 18.0 Å². The van der Waals surface area contributed by atoms with Crippen molar-refractivity contribution in [2.75, 3.05) is 32.7 Å². The number of hydrogen-bond acceptors (Lipinski definition) is 4.